The monoisotopic (exact) mass is 269 g/mol. The van der Waals surface area contributed by atoms with E-state index in [1.807, 2.05) is 0 Å². The second kappa shape index (κ2) is 7.48. The van der Waals surface area contributed by atoms with Gasteiger partial charge in [0.05, 0.1) is 0 Å². The second-order valence-electron chi connectivity index (χ2n) is 5.85. The number of carbonyl (C=O) groups excluding carboxylic acids is 2. The first-order chi connectivity index (χ1) is 8.93. The minimum absolute atomic E-state index is 0.0149. The molecule has 110 valence electrons. The average molecular weight is 269 g/mol. The maximum atomic E-state index is 11.9. The van der Waals surface area contributed by atoms with Crippen molar-refractivity contribution in [2.75, 3.05) is 20.6 Å². The van der Waals surface area contributed by atoms with Gasteiger partial charge in [0.15, 0.2) is 0 Å². The molecule has 0 spiro atoms. The molecule has 2 amide bonds. The Morgan fingerprint density at radius 3 is 2.21 bits per heavy atom. The molecule has 1 fully saturated rings. The molecule has 0 aromatic rings. The molecule has 1 saturated carbocycles. The summed E-state index contributed by atoms with van der Waals surface area (Å²) < 4.78 is 0. The molecule has 0 saturated heterocycles. The molecule has 0 heterocycles. The molecular weight excluding hydrogens is 242 g/mol. The lowest BCUT2D eigenvalue weighted by atomic mass is 9.80. The third-order valence-electron chi connectivity index (χ3n) is 3.96. The van der Waals surface area contributed by atoms with E-state index < -0.39 is 6.04 Å². The van der Waals surface area contributed by atoms with Crippen LogP contribution in [0.4, 0.5) is 0 Å². The van der Waals surface area contributed by atoms with Gasteiger partial charge in [-0.15, -0.1) is 0 Å². The van der Waals surface area contributed by atoms with Gasteiger partial charge in [-0.1, -0.05) is 0 Å². The molecule has 5 nitrogen and oxygen atoms in total. The highest BCUT2D eigenvalue weighted by Gasteiger charge is 2.24. The van der Waals surface area contributed by atoms with Crippen molar-refractivity contribution < 1.29 is 9.59 Å². The molecule has 19 heavy (non-hydrogen) atoms. The van der Waals surface area contributed by atoms with Crippen molar-refractivity contribution in [3.05, 3.63) is 0 Å². The summed E-state index contributed by atoms with van der Waals surface area (Å²) in [7, 11) is 3.39. The van der Waals surface area contributed by atoms with Crippen molar-refractivity contribution in [3.63, 3.8) is 0 Å². The van der Waals surface area contributed by atoms with Gasteiger partial charge in [-0.05, 0) is 51.0 Å². The molecule has 1 atom stereocenters. The van der Waals surface area contributed by atoms with Crippen LogP contribution in [-0.4, -0.2) is 43.4 Å². The smallest absolute Gasteiger partial charge is 0.244 e. The number of hydrogen-bond acceptors (Lipinski definition) is 3. The number of hydrogen-bond donors (Lipinski definition) is 2. The van der Waals surface area contributed by atoms with E-state index in [0.717, 1.165) is 32.2 Å². The molecule has 5 heteroatoms. The number of carbonyl (C=O) groups is 2. The predicted molar refractivity (Wildman–Crippen MR) is 75.4 cm³/mol. The predicted octanol–water partition coefficient (Wildman–Crippen LogP) is 0.735. The molecule has 0 aliphatic heterocycles. The topological polar surface area (TPSA) is 75.4 Å². The molecule has 1 unspecified atom stereocenters. The first-order valence-corrected chi connectivity index (χ1v) is 7.14. The molecule has 3 N–H and O–H groups in total. The van der Waals surface area contributed by atoms with Crippen LogP contribution in [0.1, 0.15) is 39.0 Å². The summed E-state index contributed by atoms with van der Waals surface area (Å²) in [5.74, 6) is 0.997. The Morgan fingerprint density at radius 1 is 1.21 bits per heavy atom. The summed E-state index contributed by atoms with van der Waals surface area (Å²) in [6.07, 6.45) is 4.93. The zero-order valence-electron chi connectivity index (χ0n) is 12.3. The van der Waals surface area contributed by atoms with Crippen LogP contribution >= 0.6 is 0 Å². The highest BCUT2D eigenvalue weighted by molar-refractivity contribution is 5.87. The molecular formula is C14H27N3O2. The fourth-order valence-corrected chi connectivity index (χ4v) is 2.68. The molecule has 0 bridgehead atoms. The Morgan fingerprint density at radius 2 is 1.74 bits per heavy atom. The summed E-state index contributed by atoms with van der Waals surface area (Å²) >= 11 is 0. The van der Waals surface area contributed by atoms with Gasteiger partial charge in [0, 0.05) is 20.5 Å². The Hall–Kier alpha value is -1.10. The number of rotatable bonds is 5. The third-order valence-corrected chi connectivity index (χ3v) is 3.96. The Kier molecular flexibility index (Phi) is 6.28. The highest BCUT2D eigenvalue weighted by atomic mass is 16.2. The van der Waals surface area contributed by atoms with Crippen molar-refractivity contribution in [3.8, 4) is 0 Å². The first-order valence-electron chi connectivity index (χ1n) is 7.14. The van der Waals surface area contributed by atoms with E-state index in [2.05, 4.69) is 5.32 Å². The minimum atomic E-state index is -0.442. The van der Waals surface area contributed by atoms with Crippen molar-refractivity contribution in [2.24, 2.45) is 17.6 Å². The summed E-state index contributed by atoms with van der Waals surface area (Å²) in [6, 6.07) is -0.442. The van der Waals surface area contributed by atoms with E-state index in [4.69, 9.17) is 5.73 Å². The average Bonchev–Trinajstić information content (AvgIpc) is 2.38. The number of nitrogens with two attached hydrogens (primary N) is 1. The largest absolute Gasteiger partial charge is 0.347 e. The Labute approximate surface area is 115 Å². The van der Waals surface area contributed by atoms with Gasteiger partial charge in [0.1, 0.15) is 6.04 Å². The number of nitrogens with zero attached hydrogens (tertiary/aromatic N) is 1. The van der Waals surface area contributed by atoms with Crippen LogP contribution in [0.3, 0.4) is 0 Å². The van der Waals surface area contributed by atoms with Crippen molar-refractivity contribution in [1.82, 2.24) is 10.2 Å². The van der Waals surface area contributed by atoms with Crippen LogP contribution in [0, 0.1) is 11.8 Å². The fourth-order valence-electron chi connectivity index (χ4n) is 2.68. The van der Waals surface area contributed by atoms with Gasteiger partial charge < -0.3 is 16.0 Å². The maximum Gasteiger partial charge on any atom is 0.244 e. The quantitative estimate of drug-likeness (QED) is 0.773. The molecule has 0 aromatic heterocycles. The lowest BCUT2D eigenvalue weighted by Gasteiger charge is -2.27. The van der Waals surface area contributed by atoms with E-state index in [0.29, 0.717) is 18.3 Å². The molecule has 1 aliphatic carbocycles. The van der Waals surface area contributed by atoms with Gasteiger partial charge in [-0.3, -0.25) is 9.59 Å². The lowest BCUT2D eigenvalue weighted by molar-refractivity contribution is -0.134. The zero-order valence-corrected chi connectivity index (χ0v) is 12.3. The highest BCUT2D eigenvalue weighted by Crippen LogP contribution is 2.30. The number of nitrogens with one attached hydrogen (secondary N) is 1. The number of likely N-dealkylation sites (N-methyl/N-ethyl adjacent to an activating group) is 1. The van der Waals surface area contributed by atoms with Gasteiger partial charge in [0.25, 0.3) is 0 Å². The van der Waals surface area contributed by atoms with E-state index in [-0.39, 0.29) is 11.8 Å². The van der Waals surface area contributed by atoms with Crippen LogP contribution < -0.4 is 11.1 Å². The van der Waals surface area contributed by atoms with E-state index in [9.17, 15) is 9.59 Å². The van der Waals surface area contributed by atoms with Crippen LogP contribution in [0.5, 0.6) is 0 Å². The number of amides is 2. The van der Waals surface area contributed by atoms with E-state index in [1.165, 1.54) is 4.90 Å². The Bertz CT molecular complexity index is 310. The van der Waals surface area contributed by atoms with E-state index in [1.54, 1.807) is 21.0 Å². The molecule has 0 radical (unpaired) electrons. The molecule has 1 rings (SSSR count). The van der Waals surface area contributed by atoms with Crippen LogP contribution in [-0.2, 0) is 9.59 Å². The summed E-state index contributed by atoms with van der Waals surface area (Å²) in [5, 5.41) is 2.78. The first kappa shape index (κ1) is 16.0. The normalized spacial score (nSPS) is 24.6. The SMILES string of the molecule is CC(NC(=O)CC1CCC(CN)CC1)C(=O)N(C)C. The maximum absolute atomic E-state index is 11.9. The summed E-state index contributed by atoms with van der Waals surface area (Å²) in [6.45, 7) is 2.48. The lowest BCUT2D eigenvalue weighted by Crippen LogP contribution is -2.44. The van der Waals surface area contributed by atoms with Crippen molar-refractivity contribution in [1.29, 1.82) is 0 Å². The fraction of sp³-hybridized carbons (Fsp3) is 0.857. The molecule has 0 aromatic carbocycles. The van der Waals surface area contributed by atoms with Gasteiger partial charge in [0.2, 0.25) is 11.8 Å². The van der Waals surface area contributed by atoms with E-state index >= 15 is 0 Å². The zero-order chi connectivity index (χ0) is 14.4. The van der Waals surface area contributed by atoms with Crippen molar-refractivity contribution in [2.45, 2.75) is 45.1 Å². The summed E-state index contributed by atoms with van der Waals surface area (Å²) in [5.41, 5.74) is 5.66. The molecule has 1 aliphatic rings. The Balaban J connectivity index is 2.30. The van der Waals surface area contributed by atoms with Crippen LogP contribution in [0.15, 0.2) is 0 Å². The van der Waals surface area contributed by atoms with Gasteiger partial charge in [-0.2, -0.15) is 0 Å². The van der Waals surface area contributed by atoms with Crippen LogP contribution in [0.2, 0.25) is 0 Å². The summed E-state index contributed by atoms with van der Waals surface area (Å²) in [4.78, 5) is 25.0. The third kappa shape index (κ3) is 5.19. The second-order valence-corrected chi connectivity index (χ2v) is 5.85. The standard InChI is InChI=1S/C14H27N3O2/c1-10(14(19)17(2)3)16-13(18)8-11-4-6-12(9-15)7-5-11/h10-12H,4-9,15H2,1-3H3,(H,16,18). The van der Waals surface area contributed by atoms with Crippen molar-refractivity contribution >= 4 is 11.8 Å². The van der Waals surface area contributed by atoms with Gasteiger partial charge >= 0.3 is 0 Å². The minimum Gasteiger partial charge on any atom is -0.347 e. The van der Waals surface area contributed by atoms with Gasteiger partial charge in [-0.25, -0.2) is 0 Å². The van der Waals surface area contributed by atoms with Crippen LogP contribution in [0.25, 0.3) is 0 Å².